The fourth-order valence-electron chi connectivity index (χ4n) is 6.15. The molecule has 0 radical (unpaired) electrons. The Hall–Kier alpha value is -1.56. The van der Waals surface area contributed by atoms with Gasteiger partial charge in [-0.1, -0.05) is 6.08 Å². The molecule has 4 fully saturated rings. The molecule has 0 N–H and O–H groups in total. The van der Waals surface area contributed by atoms with Crippen molar-refractivity contribution in [3.05, 3.63) is 11.6 Å². The van der Waals surface area contributed by atoms with Crippen molar-refractivity contribution in [1.29, 1.82) is 0 Å². The van der Waals surface area contributed by atoms with Gasteiger partial charge in [-0.2, -0.15) is 0 Å². The fraction of sp³-hybridized carbons (Fsp3) is 0.826. The van der Waals surface area contributed by atoms with Gasteiger partial charge in [-0.15, -0.1) is 0 Å². The number of hydrogen-bond donors (Lipinski definition) is 0. The number of ether oxygens (including phenoxy) is 1. The first-order chi connectivity index (χ1) is 14.1. The quantitative estimate of drug-likeness (QED) is 0.680. The first-order valence-corrected chi connectivity index (χ1v) is 11.7. The molecule has 6 nitrogen and oxygen atoms in total. The second kappa shape index (κ2) is 7.60. The van der Waals surface area contributed by atoms with Gasteiger partial charge < -0.3 is 14.5 Å². The highest BCUT2D eigenvalue weighted by atomic mass is 16.6. The third-order valence-electron chi connectivity index (χ3n) is 7.98. The van der Waals surface area contributed by atoms with Crippen LogP contribution in [0.3, 0.4) is 0 Å². The molecule has 5 rings (SSSR count). The molecule has 5 aliphatic rings. The van der Waals surface area contributed by atoms with Crippen LogP contribution >= 0.6 is 0 Å². The average molecular weight is 402 g/mol. The summed E-state index contributed by atoms with van der Waals surface area (Å²) < 4.78 is 5.18. The number of hydrogen-bond acceptors (Lipinski definition) is 4. The standard InChI is InChI=1S/C23H35N3O3/c1-2-29-22(28)25-13-9-23(16-25)14-19(15-23)24-11-7-17(8-12-24)20-4-3-10-26(20)21(27)18-5-6-18/h7,18-20H,2-6,8-16H2,1H3/t19?,20-,23?/m0/s1. The van der Waals surface area contributed by atoms with Crippen molar-refractivity contribution in [2.24, 2.45) is 11.3 Å². The molecule has 2 saturated carbocycles. The van der Waals surface area contributed by atoms with Crippen molar-refractivity contribution in [2.45, 2.75) is 70.4 Å². The van der Waals surface area contributed by atoms with Crippen molar-refractivity contribution in [3.63, 3.8) is 0 Å². The number of nitrogens with zero attached hydrogens (tertiary/aromatic N) is 3. The van der Waals surface area contributed by atoms with Gasteiger partial charge in [-0.3, -0.25) is 9.69 Å². The smallest absolute Gasteiger partial charge is 0.409 e. The van der Waals surface area contributed by atoms with Crippen molar-refractivity contribution < 1.29 is 14.3 Å². The Balaban J connectivity index is 1.13. The normalized spacial score (nSPS) is 35.0. The van der Waals surface area contributed by atoms with E-state index >= 15 is 0 Å². The summed E-state index contributed by atoms with van der Waals surface area (Å²) in [6, 6.07) is 1.04. The Morgan fingerprint density at radius 1 is 1.17 bits per heavy atom. The molecule has 29 heavy (non-hydrogen) atoms. The topological polar surface area (TPSA) is 53.1 Å². The van der Waals surface area contributed by atoms with E-state index in [-0.39, 0.29) is 6.09 Å². The van der Waals surface area contributed by atoms with Crippen LogP contribution in [-0.4, -0.2) is 78.1 Å². The molecule has 0 aromatic carbocycles. The zero-order valence-corrected chi connectivity index (χ0v) is 17.8. The van der Waals surface area contributed by atoms with Crippen molar-refractivity contribution in [1.82, 2.24) is 14.7 Å². The van der Waals surface area contributed by atoms with Gasteiger partial charge >= 0.3 is 6.09 Å². The average Bonchev–Trinajstić information content (AvgIpc) is 3.26. The van der Waals surface area contributed by atoms with Crippen molar-refractivity contribution >= 4 is 12.0 Å². The molecule has 0 bridgehead atoms. The van der Waals surface area contributed by atoms with Crippen LogP contribution in [0.15, 0.2) is 11.6 Å². The van der Waals surface area contributed by atoms with E-state index in [0.717, 1.165) is 71.2 Å². The lowest BCUT2D eigenvalue weighted by molar-refractivity contribution is -0.132. The van der Waals surface area contributed by atoms with E-state index in [1.807, 2.05) is 11.8 Å². The van der Waals surface area contributed by atoms with Crippen LogP contribution in [-0.2, 0) is 9.53 Å². The van der Waals surface area contributed by atoms with E-state index in [1.165, 1.54) is 18.4 Å². The summed E-state index contributed by atoms with van der Waals surface area (Å²) in [6.07, 6.45) is 11.5. The van der Waals surface area contributed by atoms with Gasteiger partial charge in [0, 0.05) is 44.7 Å². The van der Waals surface area contributed by atoms with Gasteiger partial charge in [0.25, 0.3) is 0 Å². The maximum Gasteiger partial charge on any atom is 0.409 e. The lowest BCUT2D eigenvalue weighted by Gasteiger charge is -2.51. The summed E-state index contributed by atoms with van der Waals surface area (Å²) in [6.45, 7) is 7.16. The van der Waals surface area contributed by atoms with E-state index in [0.29, 0.717) is 35.9 Å². The Kier molecular flexibility index (Phi) is 5.09. The monoisotopic (exact) mass is 401 g/mol. The predicted octanol–water partition coefficient (Wildman–Crippen LogP) is 3.03. The molecule has 2 aliphatic carbocycles. The van der Waals surface area contributed by atoms with E-state index in [2.05, 4.69) is 15.9 Å². The summed E-state index contributed by atoms with van der Waals surface area (Å²) in [5.74, 6) is 0.757. The molecule has 1 atom stereocenters. The summed E-state index contributed by atoms with van der Waals surface area (Å²) >= 11 is 0. The lowest BCUT2D eigenvalue weighted by Crippen LogP contribution is -2.53. The minimum atomic E-state index is -0.139. The Bertz CT molecular complexity index is 695. The number of likely N-dealkylation sites (tertiary alicyclic amines) is 2. The van der Waals surface area contributed by atoms with Crippen LogP contribution in [0.25, 0.3) is 0 Å². The van der Waals surface area contributed by atoms with Crippen molar-refractivity contribution in [3.8, 4) is 0 Å². The van der Waals surface area contributed by atoms with E-state index in [4.69, 9.17) is 4.74 Å². The van der Waals surface area contributed by atoms with Crippen LogP contribution in [0.5, 0.6) is 0 Å². The van der Waals surface area contributed by atoms with Crippen LogP contribution in [0.2, 0.25) is 0 Å². The SMILES string of the molecule is CCOC(=O)N1CCC2(CC(N3CC=C([C@@H]4CCCN4C(=O)C4CC4)CC3)C2)C1. The lowest BCUT2D eigenvalue weighted by atomic mass is 9.64. The number of amides is 2. The number of carbonyl (C=O) groups excluding carboxylic acids is 2. The van der Waals surface area contributed by atoms with E-state index in [1.54, 1.807) is 0 Å². The fourth-order valence-corrected chi connectivity index (χ4v) is 6.15. The van der Waals surface area contributed by atoms with Crippen LogP contribution < -0.4 is 0 Å². The Labute approximate surface area is 174 Å². The molecular weight excluding hydrogens is 366 g/mol. The molecule has 2 amide bonds. The molecule has 160 valence electrons. The van der Waals surface area contributed by atoms with Crippen molar-refractivity contribution in [2.75, 3.05) is 39.3 Å². The van der Waals surface area contributed by atoms with Gasteiger partial charge in [-0.05, 0) is 69.3 Å². The molecular formula is C23H35N3O3. The molecule has 2 saturated heterocycles. The third-order valence-corrected chi connectivity index (χ3v) is 7.98. The van der Waals surface area contributed by atoms with Gasteiger partial charge in [0.1, 0.15) is 0 Å². The Morgan fingerprint density at radius 3 is 2.69 bits per heavy atom. The summed E-state index contributed by atoms with van der Waals surface area (Å²) in [4.78, 5) is 31.3. The first kappa shape index (κ1) is 19.4. The maximum absolute atomic E-state index is 12.6. The van der Waals surface area contributed by atoms with Gasteiger partial charge in [0.05, 0.1) is 12.6 Å². The molecule has 0 aromatic heterocycles. The summed E-state index contributed by atoms with van der Waals surface area (Å²) in [5.41, 5.74) is 1.84. The Morgan fingerprint density at radius 2 is 2.00 bits per heavy atom. The second-order valence-electron chi connectivity index (χ2n) is 9.92. The highest BCUT2D eigenvalue weighted by Crippen LogP contribution is 2.50. The van der Waals surface area contributed by atoms with E-state index in [9.17, 15) is 9.59 Å². The minimum Gasteiger partial charge on any atom is -0.450 e. The molecule has 1 spiro atoms. The predicted molar refractivity (Wildman–Crippen MR) is 110 cm³/mol. The van der Waals surface area contributed by atoms with Gasteiger partial charge in [0.15, 0.2) is 0 Å². The molecule has 0 unspecified atom stereocenters. The zero-order valence-electron chi connectivity index (χ0n) is 17.8. The third kappa shape index (κ3) is 3.69. The minimum absolute atomic E-state index is 0.139. The number of rotatable bonds is 4. The second-order valence-corrected chi connectivity index (χ2v) is 9.92. The van der Waals surface area contributed by atoms with Crippen LogP contribution in [0.4, 0.5) is 4.79 Å². The van der Waals surface area contributed by atoms with Gasteiger partial charge in [-0.25, -0.2) is 4.79 Å². The molecule has 6 heteroatoms. The maximum atomic E-state index is 12.6. The zero-order chi connectivity index (χ0) is 20.0. The first-order valence-electron chi connectivity index (χ1n) is 11.7. The molecule has 0 aromatic rings. The van der Waals surface area contributed by atoms with Crippen LogP contribution in [0, 0.1) is 11.3 Å². The van der Waals surface area contributed by atoms with Crippen LogP contribution in [0.1, 0.15) is 58.3 Å². The highest BCUT2D eigenvalue weighted by Gasteiger charge is 2.51. The largest absolute Gasteiger partial charge is 0.450 e. The van der Waals surface area contributed by atoms with E-state index < -0.39 is 0 Å². The summed E-state index contributed by atoms with van der Waals surface area (Å²) in [5, 5.41) is 0. The summed E-state index contributed by atoms with van der Waals surface area (Å²) in [7, 11) is 0. The van der Waals surface area contributed by atoms with Gasteiger partial charge in [0.2, 0.25) is 5.91 Å². The molecule has 3 aliphatic heterocycles. The molecule has 3 heterocycles. The number of carbonyl (C=O) groups is 2. The highest BCUT2D eigenvalue weighted by molar-refractivity contribution is 5.82.